The second kappa shape index (κ2) is 7.88. The van der Waals surface area contributed by atoms with Gasteiger partial charge < -0.3 is 14.2 Å². The number of ether oxygens (including phenoxy) is 3. The van der Waals surface area contributed by atoms with Crippen LogP contribution in [0.15, 0.2) is 41.3 Å². The van der Waals surface area contributed by atoms with Crippen molar-refractivity contribution in [2.75, 3.05) is 27.3 Å². The summed E-state index contributed by atoms with van der Waals surface area (Å²) in [5, 5.41) is 7.78. The Morgan fingerprint density at radius 1 is 1.08 bits per heavy atom. The molecular formula is C17H21N3O5S. The average Bonchev–Trinajstić information content (AvgIpc) is 2.69. The maximum Gasteiger partial charge on any atom is 0.243 e. The van der Waals surface area contributed by atoms with Crippen molar-refractivity contribution in [3.8, 4) is 17.5 Å². The molecule has 2 heterocycles. The molecule has 1 unspecified atom stereocenters. The Balaban J connectivity index is 1.72. The van der Waals surface area contributed by atoms with Gasteiger partial charge in [0.15, 0.2) is 0 Å². The molecule has 1 aromatic carbocycles. The molecule has 2 aromatic rings. The van der Waals surface area contributed by atoms with E-state index in [1.807, 2.05) is 0 Å². The minimum atomic E-state index is -3.61. The first-order valence-electron chi connectivity index (χ1n) is 8.21. The van der Waals surface area contributed by atoms with Gasteiger partial charge in [-0.1, -0.05) is 6.07 Å². The summed E-state index contributed by atoms with van der Waals surface area (Å²) in [4.78, 5) is 0.210. The van der Waals surface area contributed by atoms with Crippen LogP contribution in [0, 0.1) is 0 Å². The zero-order valence-electron chi connectivity index (χ0n) is 14.7. The van der Waals surface area contributed by atoms with Crippen LogP contribution in [-0.4, -0.2) is 56.3 Å². The fourth-order valence-electron chi connectivity index (χ4n) is 2.78. The number of sulfonamides is 1. The molecule has 1 aliphatic heterocycles. The molecular weight excluding hydrogens is 358 g/mol. The van der Waals surface area contributed by atoms with Crippen LogP contribution in [0.5, 0.6) is 17.5 Å². The van der Waals surface area contributed by atoms with Crippen LogP contribution in [0.3, 0.4) is 0 Å². The van der Waals surface area contributed by atoms with Gasteiger partial charge >= 0.3 is 0 Å². The summed E-state index contributed by atoms with van der Waals surface area (Å²) in [6, 6.07) is 9.77. The van der Waals surface area contributed by atoms with Crippen molar-refractivity contribution in [2.45, 2.75) is 23.8 Å². The number of rotatable bonds is 6. The first-order valence-corrected chi connectivity index (χ1v) is 9.65. The Kier molecular flexibility index (Phi) is 5.58. The highest BCUT2D eigenvalue weighted by Crippen LogP contribution is 2.25. The van der Waals surface area contributed by atoms with E-state index in [2.05, 4.69) is 10.2 Å². The quantitative estimate of drug-likeness (QED) is 0.755. The van der Waals surface area contributed by atoms with Crippen molar-refractivity contribution in [3.63, 3.8) is 0 Å². The zero-order chi connectivity index (χ0) is 18.6. The number of methoxy groups -OCH3 is 2. The van der Waals surface area contributed by atoms with Gasteiger partial charge in [0, 0.05) is 24.7 Å². The number of aromatic nitrogens is 2. The van der Waals surface area contributed by atoms with E-state index >= 15 is 0 Å². The lowest BCUT2D eigenvalue weighted by Gasteiger charge is -2.31. The summed E-state index contributed by atoms with van der Waals surface area (Å²) >= 11 is 0. The molecule has 1 aliphatic rings. The summed E-state index contributed by atoms with van der Waals surface area (Å²) in [6.07, 6.45) is 1.17. The summed E-state index contributed by atoms with van der Waals surface area (Å²) in [7, 11) is -0.600. The van der Waals surface area contributed by atoms with Gasteiger partial charge in [0.25, 0.3) is 0 Å². The third-order valence-corrected chi connectivity index (χ3v) is 5.99. The van der Waals surface area contributed by atoms with Crippen LogP contribution < -0.4 is 14.2 Å². The number of hydrogen-bond donors (Lipinski definition) is 0. The molecule has 3 rings (SSSR count). The highest BCUT2D eigenvalue weighted by atomic mass is 32.2. The standard InChI is InChI=1S/C17H21N3O5S/c1-23-13-5-3-7-15(11-13)26(21,22)20-10-4-6-14(12-20)25-17-9-8-16(24-2)18-19-17/h3,5,7-9,11,14H,4,6,10,12H2,1-2H3. The third kappa shape index (κ3) is 4.05. The number of benzene rings is 1. The van der Waals surface area contributed by atoms with Crippen LogP contribution in [-0.2, 0) is 10.0 Å². The highest BCUT2D eigenvalue weighted by Gasteiger charge is 2.31. The molecule has 26 heavy (non-hydrogen) atoms. The van der Waals surface area contributed by atoms with E-state index in [-0.39, 0.29) is 17.5 Å². The highest BCUT2D eigenvalue weighted by molar-refractivity contribution is 7.89. The molecule has 0 saturated carbocycles. The Morgan fingerprint density at radius 2 is 1.85 bits per heavy atom. The van der Waals surface area contributed by atoms with Gasteiger partial charge in [0.2, 0.25) is 21.8 Å². The summed E-state index contributed by atoms with van der Waals surface area (Å²) in [5.74, 6) is 1.24. The molecule has 8 nitrogen and oxygen atoms in total. The molecule has 0 radical (unpaired) electrons. The monoisotopic (exact) mass is 379 g/mol. The van der Waals surface area contributed by atoms with Crippen molar-refractivity contribution >= 4 is 10.0 Å². The van der Waals surface area contributed by atoms with Gasteiger partial charge in [-0.3, -0.25) is 0 Å². The van der Waals surface area contributed by atoms with E-state index < -0.39 is 10.0 Å². The van der Waals surface area contributed by atoms with Gasteiger partial charge in [-0.2, -0.15) is 4.31 Å². The molecule has 0 spiro atoms. The lowest BCUT2D eigenvalue weighted by Crippen LogP contribution is -2.44. The van der Waals surface area contributed by atoms with Crippen LogP contribution in [0.2, 0.25) is 0 Å². The normalized spacial score (nSPS) is 18.3. The average molecular weight is 379 g/mol. The Morgan fingerprint density at radius 3 is 2.54 bits per heavy atom. The predicted molar refractivity (Wildman–Crippen MR) is 94.0 cm³/mol. The molecule has 9 heteroatoms. The van der Waals surface area contributed by atoms with Crippen LogP contribution in [0.1, 0.15) is 12.8 Å². The van der Waals surface area contributed by atoms with E-state index in [0.717, 1.165) is 6.42 Å². The number of nitrogens with zero attached hydrogens (tertiary/aromatic N) is 3. The molecule has 0 N–H and O–H groups in total. The number of hydrogen-bond acceptors (Lipinski definition) is 7. The largest absolute Gasteiger partial charge is 0.497 e. The van der Waals surface area contributed by atoms with E-state index in [1.54, 1.807) is 30.3 Å². The zero-order valence-corrected chi connectivity index (χ0v) is 15.5. The van der Waals surface area contributed by atoms with E-state index in [1.165, 1.54) is 24.6 Å². The molecule has 0 bridgehead atoms. The van der Waals surface area contributed by atoms with Gasteiger partial charge in [0.05, 0.1) is 25.7 Å². The van der Waals surface area contributed by atoms with Crippen molar-refractivity contribution in [3.05, 3.63) is 36.4 Å². The first-order chi connectivity index (χ1) is 12.5. The van der Waals surface area contributed by atoms with Crippen LogP contribution >= 0.6 is 0 Å². The predicted octanol–water partition coefficient (Wildman–Crippen LogP) is 1.73. The van der Waals surface area contributed by atoms with Crippen molar-refractivity contribution in [1.82, 2.24) is 14.5 Å². The molecule has 0 aliphatic carbocycles. The molecule has 0 amide bonds. The summed E-state index contributed by atoms with van der Waals surface area (Å²) in [5.41, 5.74) is 0. The lowest BCUT2D eigenvalue weighted by atomic mass is 10.1. The number of piperidine rings is 1. The minimum Gasteiger partial charge on any atom is -0.497 e. The summed E-state index contributed by atoms with van der Waals surface area (Å²) in [6.45, 7) is 0.709. The SMILES string of the molecule is COc1cccc(S(=O)(=O)N2CCCC(Oc3ccc(OC)nn3)C2)c1. The lowest BCUT2D eigenvalue weighted by molar-refractivity contribution is 0.123. The Hall–Kier alpha value is -2.39. The van der Waals surface area contributed by atoms with Gasteiger partial charge in [-0.15, -0.1) is 10.2 Å². The van der Waals surface area contributed by atoms with E-state index in [9.17, 15) is 8.42 Å². The van der Waals surface area contributed by atoms with Crippen LogP contribution in [0.25, 0.3) is 0 Å². The smallest absolute Gasteiger partial charge is 0.243 e. The fraction of sp³-hybridized carbons (Fsp3) is 0.412. The fourth-order valence-corrected chi connectivity index (χ4v) is 4.33. The maximum atomic E-state index is 12.9. The van der Waals surface area contributed by atoms with Gasteiger partial charge in [0.1, 0.15) is 11.9 Å². The van der Waals surface area contributed by atoms with Crippen molar-refractivity contribution < 1.29 is 22.6 Å². The van der Waals surface area contributed by atoms with Crippen molar-refractivity contribution in [2.24, 2.45) is 0 Å². The Labute approximate surface area is 152 Å². The summed E-state index contributed by atoms with van der Waals surface area (Å²) < 4.78 is 43.1. The van der Waals surface area contributed by atoms with E-state index in [4.69, 9.17) is 14.2 Å². The second-order valence-corrected chi connectivity index (χ2v) is 7.78. The molecule has 140 valence electrons. The van der Waals surface area contributed by atoms with Crippen LogP contribution in [0.4, 0.5) is 0 Å². The minimum absolute atomic E-state index is 0.210. The first kappa shape index (κ1) is 18.4. The topological polar surface area (TPSA) is 90.9 Å². The molecule has 1 saturated heterocycles. The molecule has 1 fully saturated rings. The maximum absolute atomic E-state index is 12.9. The van der Waals surface area contributed by atoms with E-state index in [0.29, 0.717) is 30.5 Å². The molecule has 1 atom stereocenters. The molecule has 1 aromatic heterocycles. The Bertz CT molecular complexity index is 842. The van der Waals surface area contributed by atoms with Crippen molar-refractivity contribution in [1.29, 1.82) is 0 Å². The van der Waals surface area contributed by atoms with Gasteiger partial charge in [-0.25, -0.2) is 8.42 Å². The second-order valence-electron chi connectivity index (χ2n) is 5.84. The third-order valence-electron chi connectivity index (χ3n) is 4.13. The van der Waals surface area contributed by atoms with Gasteiger partial charge in [-0.05, 0) is 25.0 Å².